The Morgan fingerprint density at radius 3 is 2.88 bits per heavy atom. The summed E-state index contributed by atoms with van der Waals surface area (Å²) in [4.78, 5) is 5.47. The van der Waals surface area contributed by atoms with Gasteiger partial charge >= 0.3 is 0 Å². The van der Waals surface area contributed by atoms with Crippen LogP contribution in [0.5, 0.6) is 0 Å². The second-order valence-corrected chi connectivity index (χ2v) is 5.65. The van der Waals surface area contributed by atoms with Gasteiger partial charge in [-0.1, -0.05) is 29.8 Å². The minimum atomic E-state index is -0.316. The number of rotatable bonds is 4. The Morgan fingerprint density at radius 1 is 1.41 bits per heavy atom. The topological polar surface area (TPSA) is 33.1 Å². The molecule has 0 spiro atoms. The second-order valence-electron chi connectivity index (χ2n) is 4.04. The van der Waals surface area contributed by atoms with Crippen molar-refractivity contribution in [3.63, 3.8) is 0 Å². The molecule has 90 valence electrons. The maximum atomic E-state index is 9.31. The summed E-state index contributed by atoms with van der Waals surface area (Å²) in [6.45, 7) is 1.79. The van der Waals surface area contributed by atoms with Crippen LogP contribution in [0.15, 0.2) is 30.5 Å². The number of aromatic nitrogens is 1. The number of hydrogen-bond donors (Lipinski definition) is 1. The number of nitrogens with zero attached hydrogens (tertiary/aromatic N) is 1. The fourth-order valence-corrected chi connectivity index (χ4v) is 2.89. The van der Waals surface area contributed by atoms with Crippen molar-refractivity contribution in [3.8, 4) is 0 Å². The lowest BCUT2D eigenvalue weighted by molar-refractivity contribution is 0.196. The molecule has 1 atom stereocenters. The Hall–Kier alpha value is -0.900. The summed E-state index contributed by atoms with van der Waals surface area (Å²) in [6.07, 6.45) is 2.94. The third-order valence-electron chi connectivity index (χ3n) is 2.40. The molecular formula is C13H14ClNOS. The summed E-state index contributed by atoms with van der Waals surface area (Å²) in [5.74, 6) is 0. The summed E-state index contributed by atoms with van der Waals surface area (Å²) in [6, 6.07) is 7.80. The van der Waals surface area contributed by atoms with Crippen molar-refractivity contribution in [2.24, 2.45) is 0 Å². The molecule has 0 aliphatic rings. The van der Waals surface area contributed by atoms with E-state index in [1.54, 1.807) is 18.3 Å². The van der Waals surface area contributed by atoms with E-state index in [1.807, 2.05) is 30.5 Å². The number of halogens is 1. The fourth-order valence-electron chi connectivity index (χ4n) is 1.62. The summed E-state index contributed by atoms with van der Waals surface area (Å²) in [7, 11) is 0. The Labute approximate surface area is 110 Å². The lowest BCUT2D eigenvalue weighted by Crippen LogP contribution is -2.01. The van der Waals surface area contributed by atoms with Crippen LogP contribution in [0.1, 0.15) is 22.4 Å². The van der Waals surface area contributed by atoms with Crippen LogP contribution in [0.25, 0.3) is 0 Å². The van der Waals surface area contributed by atoms with Gasteiger partial charge in [-0.3, -0.25) is 0 Å². The zero-order valence-electron chi connectivity index (χ0n) is 9.56. The van der Waals surface area contributed by atoms with Gasteiger partial charge in [-0.25, -0.2) is 4.98 Å². The average molecular weight is 268 g/mol. The average Bonchev–Trinajstić information content (AvgIpc) is 2.68. The van der Waals surface area contributed by atoms with Crippen molar-refractivity contribution in [1.29, 1.82) is 0 Å². The van der Waals surface area contributed by atoms with Crippen LogP contribution in [0, 0.1) is 0 Å². The highest BCUT2D eigenvalue weighted by atomic mass is 35.5. The highest BCUT2D eigenvalue weighted by molar-refractivity contribution is 7.11. The first-order chi connectivity index (χ1) is 8.15. The molecule has 17 heavy (non-hydrogen) atoms. The van der Waals surface area contributed by atoms with Crippen LogP contribution in [0.3, 0.4) is 0 Å². The molecule has 0 fully saturated rings. The SMILES string of the molecule is CC(O)Cc1cnc(Cc2ccccc2Cl)s1. The number of benzene rings is 1. The van der Waals surface area contributed by atoms with Crippen molar-refractivity contribution in [3.05, 3.63) is 50.9 Å². The van der Waals surface area contributed by atoms with E-state index < -0.39 is 0 Å². The largest absolute Gasteiger partial charge is 0.393 e. The van der Waals surface area contributed by atoms with E-state index in [1.165, 1.54) is 0 Å². The molecule has 2 nitrogen and oxygen atoms in total. The Kier molecular flexibility index (Phi) is 4.15. The van der Waals surface area contributed by atoms with Crippen LogP contribution in [0.4, 0.5) is 0 Å². The van der Waals surface area contributed by atoms with Gasteiger partial charge in [-0.2, -0.15) is 0 Å². The molecule has 1 unspecified atom stereocenters. The van der Waals surface area contributed by atoms with Gasteiger partial charge in [-0.05, 0) is 18.6 Å². The van der Waals surface area contributed by atoms with Gasteiger partial charge in [0, 0.05) is 28.9 Å². The molecule has 1 N–H and O–H groups in total. The van der Waals surface area contributed by atoms with E-state index in [0.717, 1.165) is 26.9 Å². The molecule has 1 aromatic heterocycles. The van der Waals surface area contributed by atoms with Crippen molar-refractivity contribution in [2.45, 2.75) is 25.9 Å². The molecule has 0 aliphatic carbocycles. The molecule has 0 bridgehead atoms. The maximum Gasteiger partial charge on any atom is 0.0972 e. The monoisotopic (exact) mass is 267 g/mol. The normalized spacial score (nSPS) is 12.6. The maximum absolute atomic E-state index is 9.31. The van der Waals surface area contributed by atoms with Gasteiger partial charge in [0.2, 0.25) is 0 Å². The van der Waals surface area contributed by atoms with Gasteiger partial charge < -0.3 is 5.11 Å². The Balaban J connectivity index is 2.09. The molecule has 0 radical (unpaired) electrons. The molecule has 4 heteroatoms. The molecule has 0 amide bonds. The first kappa shape index (κ1) is 12.6. The first-order valence-corrected chi connectivity index (χ1v) is 6.69. The van der Waals surface area contributed by atoms with Crippen LogP contribution in [-0.4, -0.2) is 16.2 Å². The standard InChI is InChI=1S/C13H14ClNOS/c1-9(16)6-11-8-15-13(17-11)7-10-4-2-3-5-12(10)14/h2-5,8-9,16H,6-7H2,1H3. The van der Waals surface area contributed by atoms with E-state index >= 15 is 0 Å². The van der Waals surface area contributed by atoms with E-state index in [0.29, 0.717) is 6.42 Å². The van der Waals surface area contributed by atoms with Crippen molar-refractivity contribution < 1.29 is 5.11 Å². The fraction of sp³-hybridized carbons (Fsp3) is 0.308. The van der Waals surface area contributed by atoms with Gasteiger partial charge in [0.25, 0.3) is 0 Å². The van der Waals surface area contributed by atoms with E-state index in [2.05, 4.69) is 4.98 Å². The van der Waals surface area contributed by atoms with Gasteiger partial charge in [-0.15, -0.1) is 11.3 Å². The summed E-state index contributed by atoms with van der Waals surface area (Å²) >= 11 is 7.74. The van der Waals surface area contributed by atoms with Crippen LogP contribution in [-0.2, 0) is 12.8 Å². The van der Waals surface area contributed by atoms with Crippen LogP contribution in [0.2, 0.25) is 5.02 Å². The van der Waals surface area contributed by atoms with E-state index in [4.69, 9.17) is 11.6 Å². The predicted octanol–water partition coefficient (Wildman–Crippen LogP) is 3.31. The Bertz CT molecular complexity index is 496. The second kappa shape index (κ2) is 5.63. The summed E-state index contributed by atoms with van der Waals surface area (Å²) < 4.78 is 0. The molecule has 1 aromatic carbocycles. The molecular weight excluding hydrogens is 254 g/mol. The zero-order chi connectivity index (χ0) is 12.3. The highest BCUT2D eigenvalue weighted by Gasteiger charge is 2.07. The minimum Gasteiger partial charge on any atom is -0.393 e. The molecule has 1 heterocycles. The third-order valence-corrected chi connectivity index (χ3v) is 3.79. The Morgan fingerprint density at radius 2 is 2.18 bits per heavy atom. The number of aliphatic hydroxyl groups is 1. The highest BCUT2D eigenvalue weighted by Crippen LogP contribution is 2.22. The van der Waals surface area contributed by atoms with Crippen LogP contribution < -0.4 is 0 Å². The number of hydrogen-bond acceptors (Lipinski definition) is 3. The number of thiazole rings is 1. The quantitative estimate of drug-likeness (QED) is 0.922. The zero-order valence-corrected chi connectivity index (χ0v) is 11.1. The van der Waals surface area contributed by atoms with Gasteiger partial charge in [0.05, 0.1) is 11.1 Å². The number of aliphatic hydroxyl groups excluding tert-OH is 1. The van der Waals surface area contributed by atoms with E-state index in [9.17, 15) is 5.11 Å². The molecule has 0 saturated carbocycles. The lowest BCUT2D eigenvalue weighted by Gasteiger charge is -2.00. The smallest absolute Gasteiger partial charge is 0.0972 e. The minimum absolute atomic E-state index is 0.316. The molecule has 0 aliphatic heterocycles. The molecule has 2 rings (SSSR count). The van der Waals surface area contributed by atoms with Gasteiger partial charge in [0.1, 0.15) is 0 Å². The predicted molar refractivity (Wildman–Crippen MR) is 71.8 cm³/mol. The van der Waals surface area contributed by atoms with Gasteiger partial charge in [0.15, 0.2) is 0 Å². The lowest BCUT2D eigenvalue weighted by atomic mass is 10.2. The van der Waals surface area contributed by atoms with Crippen LogP contribution >= 0.6 is 22.9 Å². The summed E-state index contributed by atoms with van der Waals surface area (Å²) in [5, 5.41) is 11.1. The van der Waals surface area contributed by atoms with Crippen molar-refractivity contribution in [1.82, 2.24) is 4.98 Å². The van der Waals surface area contributed by atoms with Crippen molar-refractivity contribution in [2.75, 3.05) is 0 Å². The van der Waals surface area contributed by atoms with E-state index in [-0.39, 0.29) is 6.10 Å². The van der Waals surface area contributed by atoms with Crippen molar-refractivity contribution >= 4 is 22.9 Å². The summed E-state index contributed by atoms with van der Waals surface area (Å²) in [5.41, 5.74) is 1.09. The third kappa shape index (κ3) is 3.53. The molecule has 0 saturated heterocycles. The first-order valence-electron chi connectivity index (χ1n) is 5.50. The molecule has 2 aromatic rings.